The van der Waals surface area contributed by atoms with Crippen LogP contribution in [0, 0.1) is 0 Å². The van der Waals surface area contributed by atoms with Gasteiger partial charge < -0.3 is 4.90 Å². The Morgan fingerprint density at radius 1 is 1.00 bits per heavy atom. The van der Waals surface area contributed by atoms with Crippen LogP contribution in [0.1, 0.15) is 35.3 Å². The molecule has 1 aliphatic heterocycles. The van der Waals surface area contributed by atoms with Gasteiger partial charge in [-0.15, -0.1) is 0 Å². The van der Waals surface area contributed by atoms with Crippen molar-refractivity contribution < 1.29 is 4.79 Å². The number of aromatic nitrogens is 2. The molecule has 1 aliphatic rings. The lowest BCUT2D eigenvalue weighted by atomic mass is 10.1. The minimum atomic E-state index is -0.424. The largest absolute Gasteiger partial charge is 0.341 e. The molecule has 4 rings (SSSR count). The molecule has 0 spiro atoms. The molecule has 0 saturated carbocycles. The molecule has 0 atom stereocenters. The third kappa shape index (κ3) is 5.21. The van der Waals surface area contributed by atoms with E-state index in [1.165, 1.54) is 12.6 Å². The lowest BCUT2D eigenvalue weighted by Gasteiger charge is -2.27. The van der Waals surface area contributed by atoms with Crippen LogP contribution in [0.5, 0.6) is 0 Å². The number of rotatable bonds is 5. The van der Waals surface area contributed by atoms with Gasteiger partial charge in [0, 0.05) is 24.2 Å². The molecule has 158 valence electrons. The number of hydrogen-bond donors (Lipinski definition) is 1. The molecule has 31 heavy (non-hydrogen) atoms. The van der Waals surface area contributed by atoms with Crippen LogP contribution in [0.15, 0.2) is 59.7 Å². The second-order valence-corrected chi connectivity index (χ2v) is 7.98. The number of amides is 1. The number of piperidine rings is 1. The summed E-state index contributed by atoms with van der Waals surface area (Å²) in [6.45, 7) is 1.76. The third-order valence-corrected chi connectivity index (χ3v) is 5.84. The van der Waals surface area contributed by atoms with Gasteiger partial charge in [-0.1, -0.05) is 65.7 Å². The first-order chi connectivity index (χ1) is 15.1. The number of benzene rings is 2. The Morgan fingerprint density at radius 2 is 1.77 bits per heavy atom. The SMILES string of the molecule is O=C(N/N=C/c1cccc(Cl)c1Cl)c1cc(-c2ccccc2)nc(N2CCCCC2)n1. The maximum atomic E-state index is 12.8. The quantitative estimate of drug-likeness (QED) is 0.425. The number of halogens is 2. The molecule has 6 nitrogen and oxygen atoms in total. The zero-order valence-electron chi connectivity index (χ0n) is 16.8. The van der Waals surface area contributed by atoms with E-state index in [2.05, 4.69) is 20.4 Å². The van der Waals surface area contributed by atoms with Crippen LogP contribution in [-0.4, -0.2) is 35.2 Å². The van der Waals surface area contributed by atoms with Crippen molar-refractivity contribution in [2.24, 2.45) is 5.10 Å². The number of hydrogen-bond acceptors (Lipinski definition) is 5. The first-order valence-corrected chi connectivity index (χ1v) is 10.8. The number of nitrogens with zero attached hydrogens (tertiary/aromatic N) is 4. The van der Waals surface area contributed by atoms with E-state index >= 15 is 0 Å². The molecule has 1 N–H and O–H groups in total. The summed E-state index contributed by atoms with van der Waals surface area (Å²) in [6, 6.07) is 16.6. The highest BCUT2D eigenvalue weighted by Gasteiger charge is 2.18. The second-order valence-electron chi connectivity index (χ2n) is 7.19. The smallest absolute Gasteiger partial charge is 0.290 e. The van der Waals surface area contributed by atoms with Crippen molar-refractivity contribution >= 4 is 41.3 Å². The van der Waals surface area contributed by atoms with E-state index in [9.17, 15) is 4.79 Å². The Bertz CT molecular complexity index is 1100. The molecule has 1 amide bonds. The summed E-state index contributed by atoms with van der Waals surface area (Å²) in [7, 11) is 0. The average Bonchev–Trinajstić information content (AvgIpc) is 2.82. The lowest BCUT2D eigenvalue weighted by molar-refractivity contribution is 0.0950. The Balaban J connectivity index is 1.60. The van der Waals surface area contributed by atoms with Crippen molar-refractivity contribution in [3.63, 3.8) is 0 Å². The maximum absolute atomic E-state index is 12.8. The average molecular weight is 454 g/mol. The van der Waals surface area contributed by atoms with Crippen LogP contribution >= 0.6 is 23.2 Å². The zero-order valence-corrected chi connectivity index (χ0v) is 18.3. The van der Waals surface area contributed by atoms with Crippen molar-refractivity contribution in [3.8, 4) is 11.3 Å². The van der Waals surface area contributed by atoms with Gasteiger partial charge >= 0.3 is 0 Å². The van der Waals surface area contributed by atoms with E-state index < -0.39 is 5.91 Å². The lowest BCUT2D eigenvalue weighted by Crippen LogP contribution is -2.32. The fourth-order valence-electron chi connectivity index (χ4n) is 3.38. The van der Waals surface area contributed by atoms with Crippen LogP contribution in [-0.2, 0) is 0 Å². The summed E-state index contributed by atoms with van der Waals surface area (Å²) in [5.41, 5.74) is 5.00. The molecule has 2 heterocycles. The fourth-order valence-corrected chi connectivity index (χ4v) is 3.74. The first-order valence-electron chi connectivity index (χ1n) is 10.1. The molecule has 8 heteroatoms. The van der Waals surface area contributed by atoms with E-state index in [0.29, 0.717) is 27.3 Å². The summed E-state index contributed by atoms with van der Waals surface area (Å²) in [5, 5.41) is 4.82. The standard InChI is InChI=1S/C23H21Cl2N5O/c24-18-11-7-10-17(21(18)25)15-26-29-22(31)20-14-19(16-8-3-1-4-9-16)27-23(28-20)30-12-5-2-6-13-30/h1,3-4,7-11,14-15H,2,5-6,12-13H2,(H,29,31)/b26-15+. The van der Waals surface area contributed by atoms with Crippen molar-refractivity contribution in [3.05, 3.63) is 75.9 Å². The minimum absolute atomic E-state index is 0.253. The van der Waals surface area contributed by atoms with E-state index in [-0.39, 0.29) is 5.69 Å². The highest BCUT2D eigenvalue weighted by Crippen LogP contribution is 2.24. The van der Waals surface area contributed by atoms with Crippen molar-refractivity contribution in [1.82, 2.24) is 15.4 Å². The van der Waals surface area contributed by atoms with E-state index in [1.807, 2.05) is 30.3 Å². The van der Waals surface area contributed by atoms with Gasteiger partial charge in [0.2, 0.25) is 5.95 Å². The molecular weight excluding hydrogens is 433 g/mol. The summed E-state index contributed by atoms with van der Waals surface area (Å²) >= 11 is 12.2. The van der Waals surface area contributed by atoms with E-state index in [4.69, 9.17) is 28.2 Å². The molecule has 2 aromatic carbocycles. The first kappa shape index (κ1) is 21.3. The minimum Gasteiger partial charge on any atom is -0.341 e. The highest BCUT2D eigenvalue weighted by molar-refractivity contribution is 6.43. The monoisotopic (exact) mass is 453 g/mol. The Kier molecular flexibility index (Phi) is 6.79. The Hall–Kier alpha value is -2.96. The normalized spacial score (nSPS) is 14.1. The molecule has 0 bridgehead atoms. The molecule has 1 aromatic heterocycles. The number of anilines is 1. The highest BCUT2D eigenvalue weighted by atomic mass is 35.5. The van der Waals surface area contributed by atoms with Gasteiger partial charge in [-0.05, 0) is 31.4 Å². The third-order valence-electron chi connectivity index (χ3n) is 5.01. The van der Waals surface area contributed by atoms with Gasteiger partial charge in [-0.25, -0.2) is 15.4 Å². The summed E-state index contributed by atoms with van der Waals surface area (Å²) in [6.07, 6.45) is 4.83. The molecule has 1 saturated heterocycles. The topological polar surface area (TPSA) is 70.5 Å². The van der Waals surface area contributed by atoms with Gasteiger partial charge in [0.15, 0.2) is 0 Å². The van der Waals surface area contributed by atoms with E-state index in [1.54, 1.807) is 24.3 Å². The van der Waals surface area contributed by atoms with Crippen molar-refractivity contribution in [1.29, 1.82) is 0 Å². The maximum Gasteiger partial charge on any atom is 0.290 e. The van der Waals surface area contributed by atoms with Crippen LogP contribution in [0.4, 0.5) is 5.95 Å². The molecular formula is C23H21Cl2N5O. The van der Waals surface area contributed by atoms with Crippen LogP contribution in [0.25, 0.3) is 11.3 Å². The van der Waals surface area contributed by atoms with Crippen LogP contribution < -0.4 is 10.3 Å². The molecule has 0 aliphatic carbocycles. The molecule has 0 unspecified atom stereocenters. The zero-order chi connectivity index (χ0) is 21.6. The number of carbonyl (C=O) groups excluding carboxylic acids is 1. The molecule has 0 radical (unpaired) electrons. The molecule has 1 fully saturated rings. The van der Waals surface area contributed by atoms with Gasteiger partial charge in [0.1, 0.15) is 5.69 Å². The van der Waals surface area contributed by atoms with Gasteiger partial charge in [-0.3, -0.25) is 4.79 Å². The summed E-state index contributed by atoms with van der Waals surface area (Å²) < 4.78 is 0. The number of hydrazone groups is 1. The van der Waals surface area contributed by atoms with E-state index in [0.717, 1.165) is 31.5 Å². The summed E-state index contributed by atoms with van der Waals surface area (Å²) in [5.74, 6) is 0.139. The van der Waals surface area contributed by atoms with Crippen LogP contribution in [0.2, 0.25) is 10.0 Å². The predicted octanol–water partition coefficient (Wildman–Crippen LogP) is 5.20. The number of nitrogens with one attached hydrogen (secondary N) is 1. The Labute approximate surface area is 190 Å². The molecule has 3 aromatic rings. The fraction of sp³-hybridized carbons (Fsp3) is 0.217. The number of carbonyl (C=O) groups is 1. The Morgan fingerprint density at radius 3 is 2.55 bits per heavy atom. The second kappa shape index (κ2) is 9.90. The van der Waals surface area contributed by atoms with Crippen molar-refractivity contribution in [2.75, 3.05) is 18.0 Å². The van der Waals surface area contributed by atoms with Gasteiger partial charge in [-0.2, -0.15) is 5.10 Å². The van der Waals surface area contributed by atoms with Crippen LogP contribution in [0.3, 0.4) is 0 Å². The predicted molar refractivity (Wildman–Crippen MR) is 125 cm³/mol. The van der Waals surface area contributed by atoms with Crippen molar-refractivity contribution in [2.45, 2.75) is 19.3 Å². The van der Waals surface area contributed by atoms with Gasteiger partial charge in [0.25, 0.3) is 5.91 Å². The summed E-state index contributed by atoms with van der Waals surface area (Å²) in [4.78, 5) is 24.2. The van der Waals surface area contributed by atoms with Gasteiger partial charge in [0.05, 0.1) is 22.0 Å².